The number of hydrogen-bond donors (Lipinski definition) is 1. The van der Waals surface area contributed by atoms with Gasteiger partial charge in [0, 0.05) is 34.3 Å². The predicted octanol–water partition coefficient (Wildman–Crippen LogP) is 5.14. The van der Waals surface area contributed by atoms with Crippen molar-refractivity contribution in [1.29, 1.82) is 0 Å². The van der Waals surface area contributed by atoms with Crippen molar-refractivity contribution in [1.82, 2.24) is 5.32 Å². The lowest BCUT2D eigenvalue weighted by Gasteiger charge is -2.44. The first kappa shape index (κ1) is 35.8. The second-order valence-corrected chi connectivity index (χ2v) is 10.7. The van der Waals surface area contributed by atoms with Crippen molar-refractivity contribution < 1.29 is 42.9 Å². The lowest BCUT2D eigenvalue weighted by Crippen LogP contribution is -2.66. The summed E-state index contributed by atoms with van der Waals surface area (Å²) >= 11 is 0. The van der Waals surface area contributed by atoms with Crippen LogP contribution in [0.1, 0.15) is 125 Å². The lowest BCUT2D eigenvalue weighted by molar-refractivity contribution is -0.277. The molecule has 5 atom stereocenters. The van der Waals surface area contributed by atoms with Gasteiger partial charge < -0.3 is 29.0 Å². The van der Waals surface area contributed by atoms with E-state index in [2.05, 4.69) is 12.2 Å². The first-order valence-corrected chi connectivity index (χ1v) is 15.2. The normalized spacial score (nSPS) is 22.4. The minimum absolute atomic E-state index is 0.240. The molecule has 0 saturated carbocycles. The molecule has 0 aromatic heterocycles. The van der Waals surface area contributed by atoms with Gasteiger partial charge in [0.15, 0.2) is 18.5 Å². The summed E-state index contributed by atoms with van der Waals surface area (Å²) in [5, 5.41) is 2.71. The minimum atomic E-state index is -1.11. The fraction of sp³-hybridized carbons (Fsp3) is 0.867. The van der Waals surface area contributed by atoms with Gasteiger partial charge in [0.1, 0.15) is 18.8 Å². The smallest absolute Gasteiger partial charge is 0.303 e. The molecule has 1 aliphatic heterocycles. The summed E-state index contributed by atoms with van der Waals surface area (Å²) in [4.78, 5) is 47.2. The molecule has 0 aliphatic carbocycles. The predicted molar refractivity (Wildman–Crippen MR) is 150 cm³/mol. The molecule has 1 heterocycles. The van der Waals surface area contributed by atoms with Crippen LogP contribution in [0.2, 0.25) is 0 Å². The average molecular weight is 572 g/mol. The first-order chi connectivity index (χ1) is 19.1. The van der Waals surface area contributed by atoms with Crippen LogP contribution in [0.4, 0.5) is 0 Å². The molecule has 0 radical (unpaired) electrons. The molecule has 0 spiro atoms. The molecule has 1 saturated heterocycles. The maximum Gasteiger partial charge on any atom is 0.303 e. The monoisotopic (exact) mass is 571 g/mol. The number of esters is 3. The van der Waals surface area contributed by atoms with Crippen molar-refractivity contribution in [2.24, 2.45) is 0 Å². The summed E-state index contributed by atoms with van der Waals surface area (Å²) in [6.45, 7) is 7.37. The van der Waals surface area contributed by atoms with Crippen LogP contribution in [-0.4, -0.2) is 67.7 Å². The van der Waals surface area contributed by atoms with Gasteiger partial charge in [-0.1, -0.05) is 90.4 Å². The van der Waals surface area contributed by atoms with Crippen LogP contribution in [0.3, 0.4) is 0 Å². The van der Waals surface area contributed by atoms with E-state index >= 15 is 0 Å². The number of carbonyl (C=O) groups excluding carboxylic acids is 4. The molecule has 40 heavy (non-hydrogen) atoms. The van der Waals surface area contributed by atoms with Gasteiger partial charge in [-0.05, 0) is 6.42 Å². The van der Waals surface area contributed by atoms with Crippen molar-refractivity contribution in [3.63, 3.8) is 0 Å². The Labute approximate surface area is 240 Å². The van der Waals surface area contributed by atoms with E-state index < -0.39 is 54.5 Å². The number of nitrogens with one attached hydrogen (secondary N) is 1. The maximum absolute atomic E-state index is 12.0. The molecule has 0 bridgehead atoms. The van der Waals surface area contributed by atoms with Gasteiger partial charge in [-0.2, -0.15) is 0 Å². The third-order valence-corrected chi connectivity index (χ3v) is 6.85. The highest BCUT2D eigenvalue weighted by atomic mass is 16.7. The molecule has 232 valence electrons. The van der Waals surface area contributed by atoms with E-state index in [1.165, 1.54) is 98.3 Å². The molecular formula is C30H53NO9. The minimum Gasteiger partial charge on any atom is -0.463 e. The zero-order valence-electron chi connectivity index (χ0n) is 25.4. The summed E-state index contributed by atoms with van der Waals surface area (Å²) in [6.07, 6.45) is 13.2. The average Bonchev–Trinajstić information content (AvgIpc) is 2.87. The van der Waals surface area contributed by atoms with Crippen molar-refractivity contribution in [2.75, 3.05) is 13.2 Å². The third kappa shape index (κ3) is 16.2. The number of rotatable bonds is 21. The zero-order valence-corrected chi connectivity index (χ0v) is 25.4. The second kappa shape index (κ2) is 21.5. The number of amides is 1. The van der Waals surface area contributed by atoms with E-state index in [-0.39, 0.29) is 6.61 Å². The Kier molecular flexibility index (Phi) is 19.3. The van der Waals surface area contributed by atoms with Crippen LogP contribution >= 0.6 is 0 Å². The molecule has 0 aromatic carbocycles. The number of ether oxygens (including phenoxy) is 5. The van der Waals surface area contributed by atoms with Crippen molar-refractivity contribution >= 4 is 23.8 Å². The van der Waals surface area contributed by atoms with Gasteiger partial charge in [0.05, 0.1) is 0 Å². The number of hydrogen-bond acceptors (Lipinski definition) is 9. The van der Waals surface area contributed by atoms with E-state index in [9.17, 15) is 19.2 Å². The summed E-state index contributed by atoms with van der Waals surface area (Å²) in [7, 11) is 0. The molecule has 1 N–H and O–H groups in total. The summed E-state index contributed by atoms with van der Waals surface area (Å²) in [5.41, 5.74) is 0. The van der Waals surface area contributed by atoms with E-state index in [1.54, 1.807) is 0 Å². The fourth-order valence-corrected chi connectivity index (χ4v) is 4.93. The maximum atomic E-state index is 12.0. The van der Waals surface area contributed by atoms with Crippen molar-refractivity contribution in [3.05, 3.63) is 0 Å². The SMILES string of the molecule is CCCCCCCCCCCCCCCCOC1OC(COC(C)=O)C(OC(C)=O)C(OC(C)=O)C1NC(C)=O. The van der Waals surface area contributed by atoms with E-state index in [0.29, 0.717) is 6.61 Å². The lowest BCUT2D eigenvalue weighted by atomic mass is 9.96. The van der Waals surface area contributed by atoms with Gasteiger partial charge in [-0.25, -0.2) is 0 Å². The van der Waals surface area contributed by atoms with Crippen LogP contribution in [0.5, 0.6) is 0 Å². The van der Waals surface area contributed by atoms with Gasteiger partial charge in [0.2, 0.25) is 5.91 Å². The topological polar surface area (TPSA) is 126 Å². The summed E-state index contributed by atoms with van der Waals surface area (Å²) in [5.74, 6) is -2.20. The molecule has 1 amide bonds. The Morgan fingerprint density at radius 3 is 1.57 bits per heavy atom. The van der Waals surface area contributed by atoms with Crippen LogP contribution < -0.4 is 5.32 Å². The molecule has 0 aromatic rings. The van der Waals surface area contributed by atoms with Crippen molar-refractivity contribution in [2.45, 2.75) is 155 Å². The summed E-state index contributed by atoms with van der Waals surface area (Å²) < 4.78 is 28.0. The van der Waals surface area contributed by atoms with E-state index in [0.717, 1.165) is 19.3 Å². The van der Waals surface area contributed by atoms with Crippen molar-refractivity contribution in [3.8, 4) is 0 Å². The highest BCUT2D eigenvalue weighted by Crippen LogP contribution is 2.28. The van der Waals surface area contributed by atoms with Crippen LogP contribution in [-0.2, 0) is 42.9 Å². The van der Waals surface area contributed by atoms with E-state index in [1.807, 2.05) is 0 Å². The highest BCUT2D eigenvalue weighted by molar-refractivity contribution is 5.73. The van der Waals surface area contributed by atoms with Gasteiger partial charge >= 0.3 is 17.9 Å². The zero-order chi connectivity index (χ0) is 29.8. The quantitative estimate of drug-likeness (QED) is 0.113. The number of carbonyl (C=O) groups is 4. The molecule has 1 fully saturated rings. The second-order valence-electron chi connectivity index (χ2n) is 10.7. The summed E-state index contributed by atoms with van der Waals surface area (Å²) in [6, 6.07) is -0.925. The van der Waals surface area contributed by atoms with Crippen LogP contribution in [0.15, 0.2) is 0 Å². The van der Waals surface area contributed by atoms with Crippen LogP contribution in [0, 0.1) is 0 Å². The first-order valence-electron chi connectivity index (χ1n) is 15.2. The van der Waals surface area contributed by atoms with Gasteiger partial charge in [-0.15, -0.1) is 0 Å². The van der Waals surface area contributed by atoms with Gasteiger partial charge in [0.25, 0.3) is 0 Å². The molecule has 10 heteroatoms. The number of unbranched alkanes of at least 4 members (excludes halogenated alkanes) is 13. The largest absolute Gasteiger partial charge is 0.463 e. The Hall–Kier alpha value is -2.20. The Bertz CT molecular complexity index is 745. The van der Waals surface area contributed by atoms with E-state index in [4.69, 9.17) is 23.7 Å². The Balaban J connectivity index is 2.55. The highest BCUT2D eigenvalue weighted by Gasteiger charge is 2.51. The Morgan fingerprint density at radius 2 is 1.12 bits per heavy atom. The molecular weight excluding hydrogens is 518 g/mol. The van der Waals surface area contributed by atoms with Gasteiger partial charge in [-0.3, -0.25) is 19.2 Å². The molecule has 10 nitrogen and oxygen atoms in total. The molecule has 1 rings (SSSR count). The third-order valence-electron chi connectivity index (χ3n) is 6.85. The Morgan fingerprint density at radius 1 is 0.650 bits per heavy atom. The van der Waals surface area contributed by atoms with Crippen LogP contribution in [0.25, 0.3) is 0 Å². The standard InChI is InChI=1S/C30H53NO9/c1-6-7-8-9-10-11-12-13-14-15-16-17-18-19-20-36-30-27(31-22(2)32)29(39-25(5)35)28(38-24(4)34)26(40-30)21-37-23(3)33/h26-30H,6-21H2,1-5H3,(H,31,32). The molecule has 1 aliphatic rings. The molecule has 5 unspecified atom stereocenters. The fourth-order valence-electron chi connectivity index (χ4n) is 4.93.